The lowest BCUT2D eigenvalue weighted by Crippen LogP contribution is -2.57. The van der Waals surface area contributed by atoms with Crippen molar-refractivity contribution in [3.63, 3.8) is 0 Å². The van der Waals surface area contributed by atoms with Crippen LogP contribution in [0.25, 0.3) is 0 Å². The molecule has 19 heavy (non-hydrogen) atoms. The molecule has 0 unspecified atom stereocenters. The van der Waals surface area contributed by atoms with Crippen molar-refractivity contribution in [2.24, 2.45) is 5.92 Å². The minimum Gasteiger partial charge on any atom is -0.508 e. The van der Waals surface area contributed by atoms with Gasteiger partial charge in [0, 0.05) is 11.5 Å². The van der Waals surface area contributed by atoms with Crippen molar-refractivity contribution in [2.75, 3.05) is 13.6 Å². The Hall–Kier alpha value is -1.02. The molecule has 3 atom stereocenters. The van der Waals surface area contributed by atoms with Crippen LogP contribution in [0.3, 0.4) is 0 Å². The van der Waals surface area contributed by atoms with Crippen molar-refractivity contribution in [2.45, 2.75) is 51.0 Å². The Kier molecular flexibility index (Phi) is 3.09. The van der Waals surface area contributed by atoms with Gasteiger partial charge in [0.25, 0.3) is 0 Å². The van der Waals surface area contributed by atoms with Crippen LogP contribution in [0.5, 0.6) is 5.75 Å². The molecular weight excluding hydrogens is 234 g/mol. The summed E-state index contributed by atoms with van der Waals surface area (Å²) < 4.78 is 0. The molecule has 1 aromatic rings. The van der Waals surface area contributed by atoms with E-state index in [0.29, 0.717) is 17.7 Å². The van der Waals surface area contributed by atoms with Gasteiger partial charge in [0.2, 0.25) is 0 Å². The van der Waals surface area contributed by atoms with E-state index in [-0.39, 0.29) is 5.41 Å². The average Bonchev–Trinajstić information content (AvgIpc) is 2.38. The summed E-state index contributed by atoms with van der Waals surface area (Å²) in [6, 6.07) is 6.71. The zero-order valence-corrected chi connectivity index (χ0v) is 12.3. The number of phenolic OH excluding ortho intramolecular Hbond substituents is 1. The minimum atomic E-state index is 0.290. The van der Waals surface area contributed by atoms with Crippen molar-refractivity contribution >= 4 is 0 Å². The monoisotopic (exact) mass is 259 g/mol. The molecule has 1 aliphatic carbocycles. The average molecular weight is 259 g/mol. The van der Waals surface area contributed by atoms with Crippen molar-refractivity contribution in [1.82, 2.24) is 4.90 Å². The first-order valence-corrected chi connectivity index (χ1v) is 7.61. The summed E-state index contributed by atoms with van der Waals surface area (Å²) in [7, 11) is 2.27. The van der Waals surface area contributed by atoms with Crippen LogP contribution in [0.1, 0.15) is 44.2 Å². The highest BCUT2D eigenvalue weighted by Gasteiger charge is 2.49. The molecule has 2 heteroatoms. The van der Waals surface area contributed by atoms with Crippen LogP contribution in [-0.4, -0.2) is 29.6 Å². The van der Waals surface area contributed by atoms with Gasteiger partial charge in [-0.3, -0.25) is 0 Å². The fraction of sp³-hybridized carbons (Fsp3) is 0.647. The lowest BCUT2D eigenvalue weighted by Gasteiger charge is -2.55. The Bertz CT molecular complexity index is 484. The molecular formula is C17H25NO. The van der Waals surface area contributed by atoms with E-state index in [0.717, 1.165) is 6.42 Å². The number of benzene rings is 1. The summed E-state index contributed by atoms with van der Waals surface area (Å²) in [5.41, 5.74) is 3.19. The number of rotatable bonds is 2. The van der Waals surface area contributed by atoms with E-state index in [4.69, 9.17) is 0 Å². The van der Waals surface area contributed by atoms with Gasteiger partial charge in [-0.2, -0.15) is 0 Å². The molecule has 104 valence electrons. The second kappa shape index (κ2) is 4.52. The zero-order chi connectivity index (χ0) is 13.6. The number of piperidine rings is 1. The first-order chi connectivity index (χ1) is 9.08. The molecule has 0 amide bonds. The number of likely N-dealkylation sites (tertiary alicyclic amines) is 1. The highest BCUT2D eigenvalue weighted by atomic mass is 16.3. The largest absolute Gasteiger partial charge is 0.508 e. The molecule has 1 fully saturated rings. The molecule has 2 bridgehead atoms. The van der Waals surface area contributed by atoms with Crippen LogP contribution in [0.4, 0.5) is 0 Å². The zero-order valence-electron chi connectivity index (χ0n) is 12.3. The molecule has 1 heterocycles. The maximum absolute atomic E-state index is 9.90. The fourth-order valence-corrected chi connectivity index (χ4v) is 4.60. The van der Waals surface area contributed by atoms with Crippen molar-refractivity contribution in [3.8, 4) is 5.75 Å². The van der Waals surface area contributed by atoms with Gasteiger partial charge in [-0.05, 0) is 62.0 Å². The predicted octanol–water partition coefficient (Wildman–Crippen LogP) is 3.33. The first kappa shape index (κ1) is 13.0. The van der Waals surface area contributed by atoms with Crippen molar-refractivity contribution in [3.05, 3.63) is 29.3 Å². The summed E-state index contributed by atoms with van der Waals surface area (Å²) in [4.78, 5) is 2.54. The summed E-state index contributed by atoms with van der Waals surface area (Å²) in [6.07, 6.45) is 4.83. The van der Waals surface area contributed by atoms with Gasteiger partial charge in [0.05, 0.1) is 0 Å². The van der Waals surface area contributed by atoms with Crippen LogP contribution in [0.15, 0.2) is 18.2 Å². The van der Waals surface area contributed by atoms with Crippen LogP contribution in [0.2, 0.25) is 0 Å². The molecule has 0 aromatic heterocycles. The highest BCUT2D eigenvalue weighted by molar-refractivity contribution is 5.44. The van der Waals surface area contributed by atoms with E-state index in [1.807, 2.05) is 12.1 Å². The molecule has 3 rings (SSSR count). The molecule has 2 nitrogen and oxygen atoms in total. The molecule has 1 N–H and O–H groups in total. The van der Waals surface area contributed by atoms with E-state index < -0.39 is 0 Å². The second-order valence-corrected chi connectivity index (χ2v) is 6.54. The molecule has 0 saturated carbocycles. The van der Waals surface area contributed by atoms with Crippen LogP contribution < -0.4 is 0 Å². The SMILES string of the molecule is CCC[C@]12CCN(C)[C@H](Cc3ccc(O)cc31)[C@H]2C. The number of hydrogen-bond donors (Lipinski definition) is 1. The third-order valence-corrected chi connectivity index (χ3v) is 5.68. The Morgan fingerprint density at radius 3 is 2.95 bits per heavy atom. The van der Waals surface area contributed by atoms with Gasteiger partial charge in [-0.15, -0.1) is 0 Å². The van der Waals surface area contributed by atoms with E-state index >= 15 is 0 Å². The maximum atomic E-state index is 9.90. The van der Waals surface area contributed by atoms with Gasteiger partial charge >= 0.3 is 0 Å². The van der Waals surface area contributed by atoms with Gasteiger partial charge in [0.1, 0.15) is 5.75 Å². The molecule has 1 saturated heterocycles. The number of aromatic hydroxyl groups is 1. The van der Waals surface area contributed by atoms with Crippen molar-refractivity contribution < 1.29 is 5.11 Å². The predicted molar refractivity (Wildman–Crippen MR) is 78.6 cm³/mol. The number of likely N-dealkylation sites (N-methyl/N-ethyl adjacent to an activating group) is 1. The lowest BCUT2D eigenvalue weighted by atomic mass is 9.56. The number of fused-ring (bicyclic) bond motifs is 4. The molecule has 1 aliphatic heterocycles. The van der Waals surface area contributed by atoms with Gasteiger partial charge in [0.15, 0.2) is 0 Å². The maximum Gasteiger partial charge on any atom is 0.115 e. The van der Waals surface area contributed by atoms with Crippen LogP contribution in [-0.2, 0) is 11.8 Å². The van der Waals surface area contributed by atoms with Crippen LogP contribution in [0, 0.1) is 5.92 Å². The fourth-order valence-electron chi connectivity index (χ4n) is 4.60. The highest BCUT2D eigenvalue weighted by Crippen LogP contribution is 2.51. The summed E-state index contributed by atoms with van der Waals surface area (Å²) in [5.74, 6) is 1.11. The molecule has 0 spiro atoms. The third kappa shape index (κ3) is 1.80. The Balaban J connectivity index is 2.15. The third-order valence-electron chi connectivity index (χ3n) is 5.68. The van der Waals surface area contributed by atoms with E-state index in [9.17, 15) is 5.11 Å². The summed E-state index contributed by atoms with van der Waals surface area (Å²) in [6.45, 7) is 5.89. The second-order valence-electron chi connectivity index (χ2n) is 6.54. The van der Waals surface area contributed by atoms with Crippen LogP contribution >= 0.6 is 0 Å². The minimum absolute atomic E-state index is 0.290. The Morgan fingerprint density at radius 2 is 2.21 bits per heavy atom. The quantitative estimate of drug-likeness (QED) is 0.880. The molecule has 1 aromatic carbocycles. The van der Waals surface area contributed by atoms with Gasteiger partial charge < -0.3 is 10.0 Å². The summed E-state index contributed by atoms with van der Waals surface area (Å²) >= 11 is 0. The van der Waals surface area contributed by atoms with E-state index in [1.165, 1.54) is 36.9 Å². The van der Waals surface area contributed by atoms with E-state index in [1.54, 1.807) is 0 Å². The molecule has 2 aliphatic rings. The Labute approximate surface area is 116 Å². The lowest BCUT2D eigenvalue weighted by molar-refractivity contribution is 0.0354. The van der Waals surface area contributed by atoms with E-state index in [2.05, 4.69) is 31.9 Å². The van der Waals surface area contributed by atoms with Gasteiger partial charge in [-0.1, -0.05) is 26.3 Å². The standard InChI is InChI=1S/C17H25NO/c1-4-7-17-8-9-18(3)16(12(17)2)10-13-5-6-14(19)11-15(13)17/h5-6,11-12,16,19H,4,7-10H2,1-3H3/t12-,16-,17-/m1/s1. The molecule has 0 radical (unpaired) electrons. The Morgan fingerprint density at radius 1 is 1.42 bits per heavy atom. The number of nitrogens with zero attached hydrogens (tertiary/aromatic N) is 1. The first-order valence-electron chi connectivity index (χ1n) is 7.61. The normalized spacial score (nSPS) is 34.1. The van der Waals surface area contributed by atoms with Gasteiger partial charge in [-0.25, -0.2) is 0 Å². The number of hydrogen-bond acceptors (Lipinski definition) is 2. The summed E-state index contributed by atoms with van der Waals surface area (Å²) in [5, 5.41) is 9.90. The smallest absolute Gasteiger partial charge is 0.115 e. The number of phenols is 1. The topological polar surface area (TPSA) is 23.5 Å². The van der Waals surface area contributed by atoms with Crippen molar-refractivity contribution in [1.29, 1.82) is 0 Å².